The molecular weight excluding hydrogens is 385 g/mol. The summed E-state index contributed by atoms with van der Waals surface area (Å²) in [5.74, 6) is 4.01. The summed E-state index contributed by atoms with van der Waals surface area (Å²) in [5, 5.41) is 4.20. The molecular formula is C20H19F3N2SSi. The molecule has 0 amide bonds. The first-order chi connectivity index (χ1) is 12.6. The fourth-order valence-electron chi connectivity index (χ4n) is 2.44. The average molecular weight is 405 g/mol. The number of nitrogens with zero attached hydrogens (tertiary/aromatic N) is 1. The molecule has 0 aliphatic carbocycles. The Hall–Kier alpha value is -2.30. The van der Waals surface area contributed by atoms with Crippen molar-refractivity contribution in [2.45, 2.75) is 32.4 Å². The van der Waals surface area contributed by atoms with Crippen LogP contribution in [-0.2, 0) is 12.7 Å². The average Bonchev–Trinajstić information content (AvgIpc) is 3.01. The van der Waals surface area contributed by atoms with Crippen LogP contribution in [0.3, 0.4) is 0 Å². The topological polar surface area (TPSA) is 24.9 Å². The van der Waals surface area contributed by atoms with Crippen molar-refractivity contribution in [3.8, 4) is 11.5 Å². The molecule has 27 heavy (non-hydrogen) atoms. The Morgan fingerprint density at radius 1 is 1.07 bits per heavy atom. The zero-order valence-corrected chi connectivity index (χ0v) is 17.1. The van der Waals surface area contributed by atoms with E-state index in [0.29, 0.717) is 6.54 Å². The van der Waals surface area contributed by atoms with E-state index in [4.69, 9.17) is 0 Å². The number of benzene rings is 2. The van der Waals surface area contributed by atoms with Crippen molar-refractivity contribution < 1.29 is 13.2 Å². The van der Waals surface area contributed by atoms with E-state index in [-0.39, 0.29) is 0 Å². The van der Waals surface area contributed by atoms with Crippen molar-refractivity contribution >= 4 is 35.5 Å². The molecule has 0 bridgehead atoms. The number of nitrogens with one attached hydrogen (secondary N) is 1. The second-order valence-corrected chi connectivity index (χ2v) is 12.8. The van der Waals surface area contributed by atoms with Gasteiger partial charge in [0.1, 0.15) is 13.9 Å². The van der Waals surface area contributed by atoms with E-state index >= 15 is 0 Å². The molecule has 2 nitrogen and oxygen atoms in total. The largest absolute Gasteiger partial charge is 0.416 e. The van der Waals surface area contributed by atoms with Gasteiger partial charge in [0.15, 0.2) is 0 Å². The Balaban J connectivity index is 1.79. The highest BCUT2D eigenvalue weighted by Gasteiger charge is 2.29. The summed E-state index contributed by atoms with van der Waals surface area (Å²) in [6.07, 6.45) is -4.32. The molecule has 0 aliphatic rings. The molecule has 1 heterocycles. The smallest absolute Gasteiger partial charge is 0.365 e. The third-order valence-electron chi connectivity index (χ3n) is 3.81. The van der Waals surface area contributed by atoms with Crippen molar-refractivity contribution in [3.63, 3.8) is 0 Å². The Morgan fingerprint density at radius 2 is 1.78 bits per heavy atom. The van der Waals surface area contributed by atoms with Crippen molar-refractivity contribution in [2.24, 2.45) is 0 Å². The van der Waals surface area contributed by atoms with E-state index in [9.17, 15) is 13.2 Å². The van der Waals surface area contributed by atoms with E-state index in [1.807, 2.05) is 18.2 Å². The van der Waals surface area contributed by atoms with Crippen molar-refractivity contribution in [2.75, 3.05) is 5.32 Å². The van der Waals surface area contributed by atoms with Crippen molar-refractivity contribution in [1.29, 1.82) is 0 Å². The SMILES string of the molecule is C[Si](C)(C)C#Cc1cccc2c(NCc3ccc(C(F)(F)F)cc3)nsc12. The van der Waals surface area contributed by atoms with Crippen LogP contribution in [0.25, 0.3) is 10.1 Å². The summed E-state index contributed by atoms with van der Waals surface area (Å²) < 4.78 is 43.4. The highest BCUT2D eigenvalue weighted by Crippen LogP contribution is 2.31. The summed E-state index contributed by atoms with van der Waals surface area (Å²) in [7, 11) is -1.47. The Kier molecular flexibility index (Phi) is 5.31. The van der Waals surface area contributed by atoms with Crippen molar-refractivity contribution in [3.05, 3.63) is 59.2 Å². The third-order valence-corrected chi connectivity index (χ3v) is 5.58. The second kappa shape index (κ2) is 7.37. The molecule has 0 unspecified atom stereocenters. The molecule has 3 rings (SSSR count). The van der Waals surface area contributed by atoms with Gasteiger partial charge in [0.2, 0.25) is 0 Å². The molecule has 0 atom stereocenters. The van der Waals surface area contributed by atoms with Crippen LogP contribution in [0.1, 0.15) is 16.7 Å². The lowest BCUT2D eigenvalue weighted by Gasteiger charge is -2.08. The molecule has 1 aromatic heterocycles. The molecule has 0 spiro atoms. The third kappa shape index (κ3) is 4.90. The van der Waals surface area contributed by atoms with E-state index in [1.165, 1.54) is 23.7 Å². The summed E-state index contributed by atoms with van der Waals surface area (Å²) in [6, 6.07) is 11.1. The van der Waals surface area contributed by atoms with Gasteiger partial charge in [-0.2, -0.15) is 17.5 Å². The second-order valence-electron chi connectivity index (χ2n) is 7.26. The fraction of sp³-hybridized carbons (Fsp3) is 0.250. The highest BCUT2D eigenvalue weighted by atomic mass is 32.1. The number of halogens is 3. The molecule has 2 aromatic carbocycles. The van der Waals surface area contributed by atoms with Gasteiger partial charge in [0, 0.05) is 17.5 Å². The Morgan fingerprint density at radius 3 is 2.41 bits per heavy atom. The lowest BCUT2D eigenvalue weighted by atomic mass is 10.1. The Labute approximate surface area is 161 Å². The quantitative estimate of drug-likeness (QED) is 0.418. The number of aromatic nitrogens is 1. The standard InChI is InChI=1S/C20H19F3N2SSi/c1-27(2,3)12-11-15-5-4-6-17-18(15)26-25-19(17)24-13-14-7-9-16(10-8-14)20(21,22)23/h4-10H,13H2,1-3H3,(H,24,25). The molecule has 140 valence electrons. The number of hydrogen-bond acceptors (Lipinski definition) is 3. The van der Waals surface area contributed by atoms with Crippen LogP contribution >= 0.6 is 11.5 Å². The zero-order chi connectivity index (χ0) is 19.7. The number of anilines is 1. The van der Waals surface area contributed by atoms with Gasteiger partial charge in [0.05, 0.1) is 10.3 Å². The maximum absolute atomic E-state index is 12.6. The van der Waals surface area contributed by atoms with Crippen molar-refractivity contribution in [1.82, 2.24) is 4.37 Å². The number of fused-ring (bicyclic) bond motifs is 1. The maximum Gasteiger partial charge on any atom is 0.416 e. The van der Waals surface area contributed by atoms with E-state index < -0.39 is 19.8 Å². The normalized spacial score (nSPS) is 11.9. The van der Waals surface area contributed by atoms with Gasteiger partial charge in [-0.15, -0.1) is 5.54 Å². The van der Waals surface area contributed by atoms with Gasteiger partial charge in [-0.25, -0.2) is 0 Å². The molecule has 1 N–H and O–H groups in total. The molecule has 0 saturated carbocycles. The van der Waals surface area contributed by atoms with Crippen LogP contribution in [0, 0.1) is 11.5 Å². The minimum Gasteiger partial charge on any atom is -0.365 e. The van der Waals surface area contributed by atoms with Gasteiger partial charge >= 0.3 is 6.18 Å². The monoisotopic (exact) mass is 404 g/mol. The fourth-order valence-corrected chi connectivity index (χ4v) is 3.78. The summed E-state index contributed by atoms with van der Waals surface area (Å²) in [5.41, 5.74) is 4.46. The predicted octanol–water partition coefficient (Wildman–Crippen LogP) is 6.16. The molecule has 3 aromatic rings. The number of hydrogen-bond donors (Lipinski definition) is 1. The molecule has 0 saturated heterocycles. The lowest BCUT2D eigenvalue weighted by Crippen LogP contribution is -2.16. The number of rotatable bonds is 3. The zero-order valence-electron chi connectivity index (χ0n) is 15.2. The van der Waals surface area contributed by atoms with Crippen LogP contribution in [0.15, 0.2) is 42.5 Å². The molecule has 0 fully saturated rings. The van der Waals surface area contributed by atoms with Crippen LogP contribution < -0.4 is 5.32 Å². The van der Waals surface area contributed by atoms with Crippen LogP contribution in [0.4, 0.5) is 19.0 Å². The van der Waals surface area contributed by atoms with E-state index in [2.05, 4.69) is 40.8 Å². The van der Waals surface area contributed by atoms with Crippen LogP contribution in [0.5, 0.6) is 0 Å². The molecule has 7 heteroatoms. The van der Waals surface area contributed by atoms with Gasteiger partial charge in [-0.05, 0) is 41.4 Å². The maximum atomic E-state index is 12.6. The summed E-state index contributed by atoms with van der Waals surface area (Å²) in [6.45, 7) is 7.00. The van der Waals surface area contributed by atoms with Crippen LogP contribution in [-0.4, -0.2) is 12.4 Å². The first kappa shape index (κ1) is 19.5. The van der Waals surface area contributed by atoms with Gasteiger partial charge < -0.3 is 5.32 Å². The van der Waals surface area contributed by atoms with E-state index in [0.717, 1.165) is 39.2 Å². The summed E-state index contributed by atoms with van der Waals surface area (Å²) >= 11 is 1.38. The molecule has 0 aliphatic heterocycles. The first-order valence-corrected chi connectivity index (χ1v) is 12.7. The summed E-state index contributed by atoms with van der Waals surface area (Å²) in [4.78, 5) is 0. The predicted molar refractivity (Wildman–Crippen MR) is 109 cm³/mol. The number of alkyl halides is 3. The van der Waals surface area contributed by atoms with Gasteiger partial charge in [0.25, 0.3) is 0 Å². The Bertz CT molecular complexity index is 1010. The van der Waals surface area contributed by atoms with Gasteiger partial charge in [-0.1, -0.05) is 43.8 Å². The minimum absolute atomic E-state index is 0.405. The minimum atomic E-state index is -4.32. The van der Waals surface area contributed by atoms with E-state index in [1.54, 1.807) is 0 Å². The van der Waals surface area contributed by atoms with Gasteiger partial charge in [-0.3, -0.25) is 0 Å². The highest BCUT2D eigenvalue weighted by molar-refractivity contribution is 7.14. The first-order valence-electron chi connectivity index (χ1n) is 8.45. The van der Waals surface area contributed by atoms with Crippen LogP contribution in [0.2, 0.25) is 19.6 Å². The lowest BCUT2D eigenvalue weighted by molar-refractivity contribution is -0.137. The molecule has 0 radical (unpaired) electrons.